The van der Waals surface area contributed by atoms with Gasteiger partial charge in [-0.25, -0.2) is 4.79 Å². The molecule has 4 nitrogen and oxygen atoms in total. The third-order valence-corrected chi connectivity index (χ3v) is 2.48. The van der Waals surface area contributed by atoms with Gasteiger partial charge in [0.05, 0.1) is 13.7 Å². The lowest BCUT2D eigenvalue weighted by Gasteiger charge is -2.12. The highest BCUT2D eigenvalue weighted by Crippen LogP contribution is 2.31. The molecule has 1 saturated heterocycles. The monoisotopic (exact) mass is 207 g/mol. The van der Waals surface area contributed by atoms with Crippen molar-refractivity contribution >= 4 is 6.09 Å². The number of amides is 1. The first-order valence-electron chi connectivity index (χ1n) is 4.77. The van der Waals surface area contributed by atoms with E-state index in [1.807, 2.05) is 24.3 Å². The van der Waals surface area contributed by atoms with Crippen molar-refractivity contribution in [1.82, 2.24) is 4.90 Å². The van der Waals surface area contributed by atoms with E-state index in [1.165, 1.54) is 0 Å². The number of methoxy groups -OCH3 is 1. The number of cyclic esters (lactones) is 1. The molecule has 1 amide bonds. The first kappa shape index (κ1) is 9.83. The molecule has 1 aromatic rings. The number of para-hydroxylation sites is 1. The number of hydrogen-bond donors (Lipinski definition) is 0. The molecular formula is C11H13NO3. The van der Waals surface area contributed by atoms with Crippen molar-refractivity contribution in [2.75, 3.05) is 20.7 Å². The van der Waals surface area contributed by atoms with Crippen LogP contribution < -0.4 is 4.74 Å². The highest BCUT2D eigenvalue weighted by Gasteiger charge is 2.31. The van der Waals surface area contributed by atoms with Crippen LogP contribution in [0.15, 0.2) is 24.3 Å². The molecule has 1 atom stereocenters. The summed E-state index contributed by atoms with van der Waals surface area (Å²) < 4.78 is 10.4. The van der Waals surface area contributed by atoms with Crippen LogP contribution in [0.4, 0.5) is 4.79 Å². The number of carbonyl (C=O) groups is 1. The maximum Gasteiger partial charge on any atom is 0.410 e. The maximum absolute atomic E-state index is 11.2. The fourth-order valence-electron chi connectivity index (χ4n) is 1.67. The lowest BCUT2D eigenvalue weighted by Crippen LogP contribution is -2.17. The van der Waals surface area contributed by atoms with E-state index in [-0.39, 0.29) is 12.2 Å². The van der Waals surface area contributed by atoms with Gasteiger partial charge in [0, 0.05) is 12.6 Å². The minimum atomic E-state index is -0.286. The van der Waals surface area contributed by atoms with Crippen LogP contribution >= 0.6 is 0 Å². The Hall–Kier alpha value is -1.71. The second-order valence-corrected chi connectivity index (χ2v) is 3.49. The van der Waals surface area contributed by atoms with Gasteiger partial charge in [0.1, 0.15) is 11.9 Å². The number of rotatable bonds is 2. The van der Waals surface area contributed by atoms with Crippen molar-refractivity contribution in [3.8, 4) is 5.75 Å². The Balaban J connectivity index is 2.27. The molecule has 0 aliphatic carbocycles. The van der Waals surface area contributed by atoms with Gasteiger partial charge in [-0.05, 0) is 6.07 Å². The lowest BCUT2D eigenvalue weighted by molar-refractivity contribution is 0.133. The summed E-state index contributed by atoms with van der Waals surface area (Å²) in [6, 6.07) is 7.57. The van der Waals surface area contributed by atoms with Crippen molar-refractivity contribution < 1.29 is 14.3 Å². The van der Waals surface area contributed by atoms with Gasteiger partial charge in [0.25, 0.3) is 0 Å². The molecule has 1 fully saturated rings. The van der Waals surface area contributed by atoms with Gasteiger partial charge in [0.15, 0.2) is 0 Å². The molecule has 1 aromatic carbocycles. The summed E-state index contributed by atoms with van der Waals surface area (Å²) in [5.41, 5.74) is 0.915. The van der Waals surface area contributed by atoms with Crippen LogP contribution in [0.25, 0.3) is 0 Å². The molecule has 1 unspecified atom stereocenters. The third-order valence-electron chi connectivity index (χ3n) is 2.48. The average molecular weight is 207 g/mol. The van der Waals surface area contributed by atoms with E-state index < -0.39 is 0 Å². The zero-order valence-corrected chi connectivity index (χ0v) is 8.77. The first-order chi connectivity index (χ1) is 7.22. The van der Waals surface area contributed by atoms with Gasteiger partial charge >= 0.3 is 6.09 Å². The minimum absolute atomic E-state index is 0.223. The summed E-state index contributed by atoms with van der Waals surface area (Å²) in [6.45, 7) is 0.569. The molecule has 0 aromatic heterocycles. The minimum Gasteiger partial charge on any atom is -0.496 e. The summed E-state index contributed by atoms with van der Waals surface area (Å²) >= 11 is 0. The largest absolute Gasteiger partial charge is 0.496 e. The predicted molar refractivity (Wildman–Crippen MR) is 54.8 cm³/mol. The summed E-state index contributed by atoms with van der Waals surface area (Å²) in [7, 11) is 3.33. The number of carbonyl (C=O) groups excluding carboxylic acids is 1. The van der Waals surface area contributed by atoms with E-state index in [1.54, 1.807) is 19.1 Å². The van der Waals surface area contributed by atoms with E-state index in [0.717, 1.165) is 11.3 Å². The summed E-state index contributed by atoms with van der Waals surface area (Å²) in [4.78, 5) is 12.8. The van der Waals surface area contributed by atoms with Crippen molar-refractivity contribution in [3.63, 3.8) is 0 Å². The smallest absolute Gasteiger partial charge is 0.410 e. The molecule has 1 aliphatic rings. The van der Waals surface area contributed by atoms with Crippen molar-refractivity contribution in [2.24, 2.45) is 0 Å². The van der Waals surface area contributed by atoms with Crippen molar-refractivity contribution in [3.05, 3.63) is 29.8 Å². The van der Waals surface area contributed by atoms with Crippen LogP contribution in [-0.4, -0.2) is 31.7 Å². The van der Waals surface area contributed by atoms with E-state index in [0.29, 0.717) is 6.54 Å². The molecule has 1 heterocycles. The molecule has 4 heteroatoms. The average Bonchev–Trinajstić information content (AvgIpc) is 2.59. The normalized spacial score (nSPS) is 20.3. The van der Waals surface area contributed by atoms with Crippen LogP contribution in [0.5, 0.6) is 5.75 Å². The number of benzene rings is 1. The molecule has 0 saturated carbocycles. The Kier molecular flexibility index (Phi) is 2.49. The highest BCUT2D eigenvalue weighted by molar-refractivity contribution is 5.70. The van der Waals surface area contributed by atoms with E-state index in [2.05, 4.69) is 0 Å². The molecule has 0 radical (unpaired) electrons. The highest BCUT2D eigenvalue weighted by atomic mass is 16.6. The van der Waals surface area contributed by atoms with Gasteiger partial charge in [-0.15, -0.1) is 0 Å². The van der Waals surface area contributed by atoms with E-state index in [4.69, 9.17) is 9.47 Å². The summed E-state index contributed by atoms with van der Waals surface area (Å²) in [5.74, 6) is 0.755. The topological polar surface area (TPSA) is 38.8 Å². The van der Waals surface area contributed by atoms with Crippen LogP contribution in [0.1, 0.15) is 11.7 Å². The number of likely N-dealkylation sites (N-methyl/N-ethyl adjacent to an activating group) is 1. The third kappa shape index (κ3) is 1.75. The molecule has 0 bridgehead atoms. The zero-order valence-electron chi connectivity index (χ0n) is 8.77. The Bertz CT molecular complexity index is 378. The van der Waals surface area contributed by atoms with Crippen LogP contribution in [0.2, 0.25) is 0 Å². The van der Waals surface area contributed by atoms with Gasteiger partial charge in [-0.2, -0.15) is 0 Å². The van der Waals surface area contributed by atoms with Crippen molar-refractivity contribution in [1.29, 1.82) is 0 Å². The Morgan fingerprint density at radius 3 is 2.80 bits per heavy atom. The van der Waals surface area contributed by atoms with Crippen LogP contribution in [0.3, 0.4) is 0 Å². The van der Waals surface area contributed by atoms with Crippen LogP contribution in [-0.2, 0) is 4.74 Å². The summed E-state index contributed by atoms with van der Waals surface area (Å²) in [6.07, 6.45) is -0.510. The maximum atomic E-state index is 11.2. The number of ether oxygens (including phenoxy) is 2. The summed E-state index contributed by atoms with van der Waals surface area (Å²) in [5, 5.41) is 0. The van der Waals surface area contributed by atoms with E-state index >= 15 is 0 Å². The standard InChI is InChI=1S/C11H13NO3/c1-12-7-10(15-11(12)13)8-5-3-4-6-9(8)14-2/h3-6,10H,7H2,1-2H3. The number of hydrogen-bond acceptors (Lipinski definition) is 3. The van der Waals surface area contributed by atoms with Crippen molar-refractivity contribution in [2.45, 2.75) is 6.10 Å². The fraction of sp³-hybridized carbons (Fsp3) is 0.364. The Morgan fingerprint density at radius 1 is 1.47 bits per heavy atom. The second kappa shape index (κ2) is 3.81. The molecule has 80 valence electrons. The quantitative estimate of drug-likeness (QED) is 0.742. The Labute approximate surface area is 88.4 Å². The SMILES string of the molecule is COc1ccccc1C1CN(C)C(=O)O1. The molecule has 0 spiro atoms. The fourth-order valence-corrected chi connectivity index (χ4v) is 1.67. The number of nitrogens with zero attached hydrogens (tertiary/aromatic N) is 1. The van der Waals surface area contributed by atoms with E-state index in [9.17, 15) is 4.79 Å². The van der Waals surface area contributed by atoms with Gasteiger partial charge in [-0.1, -0.05) is 18.2 Å². The molecule has 15 heavy (non-hydrogen) atoms. The first-order valence-corrected chi connectivity index (χ1v) is 4.77. The molecule has 1 aliphatic heterocycles. The van der Waals surface area contributed by atoms with Gasteiger partial charge in [0.2, 0.25) is 0 Å². The molecule has 0 N–H and O–H groups in total. The van der Waals surface area contributed by atoms with Gasteiger partial charge < -0.3 is 14.4 Å². The predicted octanol–water partition coefficient (Wildman–Crippen LogP) is 1.82. The zero-order chi connectivity index (χ0) is 10.8. The van der Waals surface area contributed by atoms with Crippen LogP contribution in [0, 0.1) is 0 Å². The molecule has 2 rings (SSSR count). The Morgan fingerprint density at radius 2 is 2.20 bits per heavy atom. The molecular weight excluding hydrogens is 194 g/mol. The lowest BCUT2D eigenvalue weighted by atomic mass is 10.1. The second-order valence-electron chi connectivity index (χ2n) is 3.49. The van der Waals surface area contributed by atoms with Gasteiger partial charge in [-0.3, -0.25) is 0 Å².